The lowest BCUT2D eigenvalue weighted by Gasteiger charge is -2.24. The fourth-order valence-electron chi connectivity index (χ4n) is 3.26. The number of imidazole rings is 1. The van der Waals surface area contributed by atoms with Crippen LogP contribution in [-0.2, 0) is 13.1 Å². The first-order valence-electron chi connectivity index (χ1n) is 9.22. The van der Waals surface area contributed by atoms with Crippen molar-refractivity contribution in [2.24, 2.45) is 4.99 Å². The van der Waals surface area contributed by atoms with E-state index in [0.717, 1.165) is 31.4 Å². The van der Waals surface area contributed by atoms with Crippen molar-refractivity contribution in [2.75, 3.05) is 19.3 Å². The van der Waals surface area contributed by atoms with Crippen molar-refractivity contribution in [1.29, 1.82) is 0 Å². The van der Waals surface area contributed by atoms with Crippen LogP contribution in [0.1, 0.15) is 36.7 Å². The number of rotatable bonds is 6. The summed E-state index contributed by atoms with van der Waals surface area (Å²) in [4.78, 5) is 8.65. The summed E-state index contributed by atoms with van der Waals surface area (Å²) in [5.41, 5.74) is 2.54. The molecule has 0 radical (unpaired) electrons. The van der Waals surface area contributed by atoms with Crippen LogP contribution in [0.4, 0.5) is 0 Å². The molecule has 1 saturated heterocycles. The van der Waals surface area contributed by atoms with E-state index >= 15 is 0 Å². The number of guanidine groups is 1. The molecule has 3 rings (SSSR count). The highest BCUT2D eigenvalue weighted by Crippen LogP contribution is 2.36. The van der Waals surface area contributed by atoms with Crippen LogP contribution in [0, 0.1) is 6.92 Å². The second-order valence-corrected chi connectivity index (χ2v) is 8.79. The quantitative estimate of drug-likeness (QED) is 0.361. The summed E-state index contributed by atoms with van der Waals surface area (Å²) in [5, 5.41) is 6.92. The number of nitrogens with zero attached hydrogens (tertiary/aromatic N) is 3. The summed E-state index contributed by atoms with van der Waals surface area (Å²) in [6.45, 7) is 6.94. The van der Waals surface area contributed by atoms with Crippen molar-refractivity contribution in [3.63, 3.8) is 0 Å². The van der Waals surface area contributed by atoms with E-state index in [9.17, 15) is 0 Å². The number of aromatic nitrogens is 2. The summed E-state index contributed by atoms with van der Waals surface area (Å²) in [5.74, 6) is 3.18. The van der Waals surface area contributed by atoms with E-state index in [1.165, 1.54) is 29.7 Å². The molecule has 1 atom stereocenters. The monoisotopic (exact) mass is 499 g/mol. The Morgan fingerprint density at radius 2 is 2.15 bits per heavy atom. The molecule has 2 N–H and O–H groups in total. The van der Waals surface area contributed by atoms with Crippen molar-refractivity contribution in [2.45, 2.75) is 44.5 Å². The van der Waals surface area contributed by atoms with Gasteiger partial charge in [-0.25, -0.2) is 4.98 Å². The van der Waals surface area contributed by atoms with Gasteiger partial charge in [-0.2, -0.15) is 11.8 Å². The van der Waals surface area contributed by atoms with Gasteiger partial charge in [0.15, 0.2) is 5.96 Å². The van der Waals surface area contributed by atoms with Gasteiger partial charge in [-0.15, -0.1) is 24.0 Å². The maximum atomic E-state index is 4.36. The molecule has 2 heterocycles. The van der Waals surface area contributed by atoms with Crippen LogP contribution in [0.5, 0.6) is 0 Å². The highest BCUT2D eigenvalue weighted by atomic mass is 127. The molecule has 0 amide bonds. The van der Waals surface area contributed by atoms with Crippen LogP contribution in [0.15, 0.2) is 41.7 Å². The third-order valence-electron chi connectivity index (χ3n) is 4.88. The van der Waals surface area contributed by atoms with Crippen LogP contribution >= 0.6 is 35.7 Å². The van der Waals surface area contributed by atoms with E-state index in [1.807, 2.05) is 26.4 Å². The number of thioether (sulfide) groups is 1. The van der Waals surface area contributed by atoms with E-state index in [4.69, 9.17) is 0 Å². The highest BCUT2D eigenvalue weighted by molar-refractivity contribution is 14.0. The fourth-order valence-corrected chi connectivity index (χ4v) is 4.50. The zero-order chi connectivity index (χ0) is 18.4. The normalized spacial score (nSPS) is 19.6. The minimum absolute atomic E-state index is 0. The van der Waals surface area contributed by atoms with E-state index in [1.54, 1.807) is 0 Å². The molecule has 1 unspecified atom stereocenters. The lowest BCUT2D eigenvalue weighted by Crippen LogP contribution is -2.43. The van der Waals surface area contributed by atoms with Gasteiger partial charge >= 0.3 is 0 Å². The van der Waals surface area contributed by atoms with Gasteiger partial charge in [-0.3, -0.25) is 4.99 Å². The van der Waals surface area contributed by atoms with Gasteiger partial charge in [0.05, 0.1) is 0 Å². The molecular formula is C20H30IN5S. The summed E-state index contributed by atoms with van der Waals surface area (Å²) < 4.78 is 2.49. The second kappa shape index (κ2) is 10.4. The van der Waals surface area contributed by atoms with Gasteiger partial charge in [0.1, 0.15) is 5.82 Å². The first kappa shape index (κ1) is 22.1. The summed E-state index contributed by atoms with van der Waals surface area (Å²) in [7, 11) is 1.83. The average Bonchev–Trinajstić information content (AvgIpc) is 3.25. The molecule has 1 aromatic heterocycles. The SMILES string of the molecule is CN=C(NCc1cccc(Cn2ccnc2C)c1)NCC1(C)CCCS1.I. The van der Waals surface area contributed by atoms with Gasteiger partial charge in [-0.05, 0) is 43.6 Å². The topological polar surface area (TPSA) is 54.2 Å². The standard InChI is InChI=1S/C20H29N5S.HI/c1-16-22-9-10-25(16)14-18-7-4-6-17(12-18)13-23-19(21-3)24-15-20(2)8-5-11-26-20;/h4,6-7,9-10,12H,5,8,11,13-15H2,1-3H3,(H2,21,23,24);1H. The number of aryl methyl sites for hydroxylation is 1. The number of benzene rings is 1. The molecule has 0 saturated carbocycles. The highest BCUT2D eigenvalue weighted by Gasteiger charge is 2.29. The minimum Gasteiger partial charge on any atom is -0.355 e. The molecule has 7 heteroatoms. The minimum atomic E-state index is 0. The lowest BCUT2D eigenvalue weighted by molar-refractivity contribution is 0.584. The Hall–Kier alpha value is -1.22. The predicted molar refractivity (Wildman–Crippen MR) is 126 cm³/mol. The van der Waals surface area contributed by atoms with E-state index in [0.29, 0.717) is 4.75 Å². The van der Waals surface area contributed by atoms with Crippen molar-refractivity contribution >= 4 is 41.7 Å². The van der Waals surface area contributed by atoms with E-state index < -0.39 is 0 Å². The van der Waals surface area contributed by atoms with Crippen LogP contribution in [0.25, 0.3) is 0 Å². The molecular weight excluding hydrogens is 469 g/mol. The third-order valence-corrected chi connectivity index (χ3v) is 6.42. The largest absolute Gasteiger partial charge is 0.355 e. The molecule has 2 aromatic rings. The van der Waals surface area contributed by atoms with Crippen LogP contribution in [0.2, 0.25) is 0 Å². The van der Waals surface area contributed by atoms with Crippen LogP contribution in [0.3, 0.4) is 0 Å². The van der Waals surface area contributed by atoms with Gasteiger partial charge in [-0.1, -0.05) is 24.3 Å². The Morgan fingerprint density at radius 3 is 2.81 bits per heavy atom. The Bertz CT molecular complexity index is 752. The maximum absolute atomic E-state index is 4.36. The van der Waals surface area contributed by atoms with Gasteiger partial charge in [0.25, 0.3) is 0 Å². The van der Waals surface area contributed by atoms with Crippen molar-refractivity contribution in [1.82, 2.24) is 20.2 Å². The zero-order valence-corrected chi connectivity index (χ0v) is 19.5. The number of aliphatic imine (C=N–C) groups is 1. The molecule has 0 aliphatic carbocycles. The summed E-state index contributed by atoms with van der Waals surface area (Å²) >= 11 is 2.06. The first-order valence-corrected chi connectivity index (χ1v) is 10.2. The van der Waals surface area contributed by atoms with Gasteiger partial charge in [0.2, 0.25) is 0 Å². The predicted octanol–water partition coefficient (Wildman–Crippen LogP) is 3.81. The maximum Gasteiger partial charge on any atom is 0.191 e. The lowest BCUT2D eigenvalue weighted by atomic mass is 10.1. The number of halogens is 1. The number of hydrogen-bond acceptors (Lipinski definition) is 3. The third kappa shape index (κ3) is 6.41. The number of hydrogen-bond donors (Lipinski definition) is 2. The van der Waals surface area contributed by atoms with E-state index in [2.05, 4.69) is 68.1 Å². The molecule has 1 aromatic carbocycles. The zero-order valence-electron chi connectivity index (χ0n) is 16.4. The van der Waals surface area contributed by atoms with Crippen molar-refractivity contribution in [3.05, 3.63) is 53.6 Å². The Balaban J connectivity index is 0.00000261. The molecule has 1 aliphatic heterocycles. The Labute approximate surface area is 183 Å². The molecule has 1 aliphatic rings. The van der Waals surface area contributed by atoms with Crippen LogP contribution in [-0.4, -0.2) is 39.6 Å². The summed E-state index contributed by atoms with van der Waals surface area (Å²) in [6, 6.07) is 8.67. The molecule has 148 valence electrons. The fraction of sp³-hybridized carbons (Fsp3) is 0.500. The Morgan fingerprint density at radius 1 is 1.33 bits per heavy atom. The van der Waals surface area contributed by atoms with Gasteiger partial charge < -0.3 is 15.2 Å². The van der Waals surface area contributed by atoms with Gasteiger partial charge in [0, 0.05) is 43.8 Å². The average molecular weight is 499 g/mol. The molecule has 5 nitrogen and oxygen atoms in total. The first-order chi connectivity index (χ1) is 12.6. The Kier molecular flexibility index (Phi) is 8.47. The van der Waals surface area contributed by atoms with Crippen molar-refractivity contribution < 1.29 is 0 Å². The molecule has 0 bridgehead atoms. The molecule has 1 fully saturated rings. The smallest absolute Gasteiger partial charge is 0.191 e. The van der Waals surface area contributed by atoms with Crippen LogP contribution < -0.4 is 10.6 Å². The molecule has 0 spiro atoms. The molecule has 27 heavy (non-hydrogen) atoms. The summed E-state index contributed by atoms with van der Waals surface area (Å²) in [6.07, 6.45) is 6.46. The second-order valence-electron chi connectivity index (χ2n) is 7.10. The number of nitrogens with one attached hydrogen (secondary N) is 2. The van der Waals surface area contributed by atoms with Crippen molar-refractivity contribution in [3.8, 4) is 0 Å². The van der Waals surface area contributed by atoms with E-state index in [-0.39, 0.29) is 24.0 Å².